The van der Waals surface area contributed by atoms with Crippen LogP contribution in [-0.2, 0) is 22.6 Å². The number of benzene rings is 1. The van der Waals surface area contributed by atoms with Crippen LogP contribution in [0.2, 0.25) is 0 Å². The molecule has 0 saturated carbocycles. The van der Waals surface area contributed by atoms with Crippen molar-refractivity contribution in [3.8, 4) is 0 Å². The van der Waals surface area contributed by atoms with E-state index in [1.165, 1.54) is 0 Å². The van der Waals surface area contributed by atoms with Crippen molar-refractivity contribution in [2.24, 2.45) is 0 Å². The van der Waals surface area contributed by atoms with Crippen molar-refractivity contribution in [1.82, 2.24) is 20.2 Å². The number of carbonyl (C=O) groups is 2. The number of fused-ring (bicyclic) bond motifs is 1. The van der Waals surface area contributed by atoms with Crippen LogP contribution in [0.1, 0.15) is 33.0 Å². The van der Waals surface area contributed by atoms with Crippen LogP contribution in [0.5, 0.6) is 0 Å². The normalized spacial score (nSPS) is 11.0. The standard InChI is InChI=1S/C17H24N4O2/c1-4-16(22)18-10-9-15-20-13-7-5-6-8-14(13)21(15)11-17(23)19-12(2)3/h5-8,12H,4,9-11H2,1-3H3,(H,18,22)(H,19,23). The van der Waals surface area contributed by atoms with Crippen LogP contribution in [-0.4, -0.2) is 34.0 Å². The van der Waals surface area contributed by atoms with E-state index < -0.39 is 0 Å². The van der Waals surface area contributed by atoms with Gasteiger partial charge < -0.3 is 15.2 Å². The van der Waals surface area contributed by atoms with Gasteiger partial charge in [0.25, 0.3) is 0 Å². The summed E-state index contributed by atoms with van der Waals surface area (Å²) in [6, 6.07) is 7.85. The van der Waals surface area contributed by atoms with Gasteiger partial charge in [-0.25, -0.2) is 4.98 Å². The molecule has 2 aromatic rings. The quantitative estimate of drug-likeness (QED) is 0.815. The van der Waals surface area contributed by atoms with E-state index in [0.717, 1.165) is 16.9 Å². The molecule has 0 bridgehead atoms. The zero-order valence-corrected chi connectivity index (χ0v) is 13.9. The largest absolute Gasteiger partial charge is 0.356 e. The van der Waals surface area contributed by atoms with Crippen LogP contribution in [0.4, 0.5) is 0 Å². The summed E-state index contributed by atoms with van der Waals surface area (Å²) in [7, 11) is 0. The van der Waals surface area contributed by atoms with Gasteiger partial charge in [-0.15, -0.1) is 0 Å². The first-order chi connectivity index (χ1) is 11.0. The summed E-state index contributed by atoms with van der Waals surface area (Å²) in [5.74, 6) is 0.786. The summed E-state index contributed by atoms with van der Waals surface area (Å²) in [6.45, 7) is 6.44. The van der Waals surface area contributed by atoms with Crippen molar-refractivity contribution >= 4 is 22.8 Å². The van der Waals surface area contributed by atoms with Crippen LogP contribution < -0.4 is 10.6 Å². The molecule has 0 aliphatic carbocycles. The molecule has 1 aromatic carbocycles. The summed E-state index contributed by atoms with van der Waals surface area (Å²) in [5.41, 5.74) is 1.80. The molecule has 23 heavy (non-hydrogen) atoms. The minimum absolute atomic E-state index is 0.0187. The number of para-hydroxylation sites is 2. The van der Waals surface area contributed by atoms with E-state index in [2.05, 4.69) is 15.6 Å². The van der Waals surface area contributed by atoms with E-state index in [9.17, 15) is 9.59 Å². The second-order valence-electron chi connectivity index (χ2n) is 5.78. The van der Waals surface area contributed by atoms with Gasteiger partial charge in [0.2, 0.25) is 11.8 Å². The van der Waals surface area contributed by atoms with E-state index in [0.29, 0.717) is 19.4 Å². The highest BCUT2D eigenvalue weighted by atomic mass is 16.2. The first kappa shape index (κ1) is 17.0. The fourth-order valence-electron chi connectivity index (χ4n) is 2.44. The van der Waals surface area contributed by atoms with Gasteiger partial charge in [0, 0.05) is 25.4 Å². The van der Waals surface area contributed by atoms with Gasteiger partial charge in [0.05, 0.1) is 11.0 Å². The van der Waals surface area contributed by atoms with Crippen molar-refractivity contribution < 1.29 is 9.59 Å². The van der Waals surface area contributed by atoms with E-state index in [-0.39, 0.29) is 24.4 Å². The number of aromatic nitrogens is 2. The third-order valence-electron chi connectivity index (χ3n) is 3.48. The molecule has 0 atom stereocenters. The van der Waals surface area contributed by atoms with E-state index in [4.69, 9.17) is 0 Å². The second-order valence-corrected chi connectivity index (χ2v) is 5.78. The molecule has 1 heterocycles. The Balaban J connectivity index is 2.19. The Morgan fingerprint density at radius 2 is 1.96 bits per heavy atom. The Kier molecular flexibility index (Phi) is 5.73. The lowest BCUT2D eigenvalue weighted by atomic mass is 10.3. The predicted octanol–water partition coefficient (Wildman–Crippen LogP) is 1.63. The highest BCUT2D eigenvalue weighted by molar-refractivity contribution is 5.81. The lowest BCUT2D eigenvalue weighted by Gasteiger charge is -2.12. The van der Waals surface area contributed by atoms with Crippen molar-refractivity contribution in [3.63, 3.8) is 0 Å². The molecule has 0 unspecified atom stereocenters. The molecule has 0 aliphatic heterocycles. The SMILES string of the molecule is CCC(=O)NCCc1nc2ccccc2n1CC(=O)NC(C)C. The molecule has 6 heteroatoms. The number of nitrogens with zero attached hydrogens (tertiary/aromatic N) is 2. The third-order valence-corrected chi connectivity index (χ3v) is 3.48. The van der Waals surface area contributed by atoms with Gasteiger partial charge in [-0.2, -0.15) is 0 Å². The monoisotopic (exact) mass is 316 g/mol. The number of hydrogen-bond acceptors (Lipinski definition) is 3. The summed E-state index contributed by atoms with van der Waals surface area (Å²) < 4.78 is 1.92. The predicted molar refractivity (Wildman–Crippen MR) is 90.0 cm³/mol. The van der Waals surface area contributed by atoms with Crippen LogP contribution in [0.3, 0.4) is 0 Å². The van der Waals surface area contributed by atoms with E-state index in [1.807, 2.05) is 49.6 Å². The van der Waals surface area contributed by atoms with Gasteiger partial charge in [-0.05, 0) is 26.0 Å². The molecule has 124 valence electrons. The number of amides is 2. The molecule has 0 spiro atoms. The van der Waals surface area contributed by atoms with E-state index >= 15 is 0 Å². The molecular weight excluding hydrogens is 292 g/mol. The minimum Gasteiger partial charge on any atom is -0.356 e. The van der Waals surface area contributed by atoms with Gasteiger partial charge in [-0.1, -0.05) is 19.1 Å². The molecule has 0 aliphatic rings. The van der Waals surface area contributed by atoms with Crippen molar-refractivity contribution in [1.29, 1.82) is 0 Å². The van der Waals surface area contributed by atoms with Crippen molar-refractivity contribution in [2.75, 3.05) is 6.54 Å². The van der Waals surface area contributed by atoms with Crippen LogP contribution in [0.15, 0.2) is 24.3 Å². The zero-order chi connectivity index (χ0) is 16.8. The average Bonchev–Trinajstić information content (AvgIpc) is 2.84. The molecule has 0 saturated heterocycles. The van der Waals surface area contributed by atoms with Crippen LogP contribution >= 0.6 is 0 Å². The maximum absolute atomic E-state index is 12.1. The molecule has 0 fully saturated rings. The van der Waals surface area contributed by atoms with E-state index in [1.54, 1.807) is 0 Å². The Hall–Kier alpha value is -2.37. The first-order valence-corrected chi connectivity index (χ1v) is 8.01. The summed E-state index contributed by atoms with van der Waals surface area (Å²) in [6.07, 6.45) is 1.06. The Morgan fingerprint density at radius 3 is 2.65 bits per heavy atom. The first-order valence-electron chi connectivity index (χ1n) is 8.01. The fraction of sp³-hybridized carbons (Fsp3) is 0.471. The Morgan fingerprint density at radius 1 is 1.22 bits per heavy atom. The summed E-state index contributed by atoms with van der Waals surface area (Å²) in [5, 5.41) is 5.74. The summed E-state index contributed by atoms with van der Waals surface area (Å²) in [4.78, 5) is 28.1. The Bertz CT molecular complexity index is 691. The van der Waals surface area contributed by atoms with Crippen LogP contribution in [0, 0.1) is 0 Å². The molecule has 6 nitrogen and oxygen atoms in total. The number of nitrogens with one attached hydrogen (secondary N) is 2. The Labute approximate surface area is 136 Å². The maximum Gasteiger partial charge on any atom is 0.240 e. The van der Waals surface area contributed by atoms with Gasteiger partial charge in [0.15, 0.2) is 0 Å². The van der Waals surface area contributed by atoms with Crippen LogP contribution in [0.25, 0.3) is 11.0 Å². The highest BCUT2D eigenvalue weighted by Gasteiger charge is 2.14. The van der Waals surface area contributed by atoms with Gasteiger partial charge >= 0.3 is 0 Å². The third kappa shape index (κ3) is 4.55. The minimum atomic E-state index is -0.0398. The molecule has 0 radical (unpaired) electrons. The average molecular weight is 316 g/mol. The molecule has 1 aromatic heterocycles. The topological polar surface area (TPSA) is 76.0 Å². The molecular formula is C17H24N4O2. The number of hydrogen-bond donors (Lipinski definition) is 2. The van der Waals surface area contributed by atoms with Crippen molar-refractivity contribution in [3.05, 3.63) is 30.1 Å². The number of imidazole rings is 1. The molecule has 2 amide bonds. The maximum atomic E-state index is 12.1. The molecule has 2 N–H and O–H groups in total. The fourth-order valence-corrected chi connectivity index (χ4v) is 2.44. The van der Waals surface area contributed by atoms with Gasteiger partial charge in [-0.3, -0.25) is 9.59 Å². The van der Waals surface area contributed by atoms with Gasteiger partial charge in [0.1, 0.15) is 12.4 Å². The second kappa shape index (κ2) is 7.76. The van der Waals surface area contributed by atoms with Crippen molar-refractivity contribution in [2.45, 2.75) is 46.2 Å². The number of rotatable bonds is 7. The zero-order valence-electron chi connectivity index (χ0n) is 13.9. The summed E-state index contributed by atoms with van der Waals surface area (Å²) >= 11 is 0. The number of carbonyl (C=O) groups excluding carboxylic acids is 2. The lowest BCUT2D eigenvalue weighted by Crippen LogP contribution is -2.33. The highest BCUT2D eigenvalue weighted by Crippen LogP contribution is 2.16. The smallest absolute Gasteiger partial charge is 0.240 e. The lowest BCUT2D eigenvalue weighted by molar-refractivity contribution is -0.122. The molecule has 2 rings (SSSR count).